The van der Waals surface area contributed by atoms with Crippen LogP contribution in [0.25, 0.3) is 0 Å². The molecule has 1 atom stereocenters. The fourth-order valence-electron chi connectivity index (χ4n) is 3.10. The first kappa shape index (κ1) is 21.2. The number of ether oxygens (including phenoxy) is 2. The molecule has 1 saturated heterocycles. The van der Waals surface area contributed by atoms with Gasteiger partial charge in [0.1, 0.15) is 17.3 Å². The number of morpholine rings is 1. The molecule has 0 saturated carbocycles. The number of nitrogens with zero attached hydrogens (tertiary/aromatic N) is 1. The Hall–Kier alpha value is -2.52. The molecule has 158 valence electrons. The van der Waals surface area contributed by atoms with Crippen molar-refractivity contribution in [3.05, 3.63) is 53.5 Å². The van der Waals surface area contributed by atoms with Gasteiger partial charge in [-0.2, -0.15) is 13.2 Å². The third kappa shape index (κ3) is 5.98. The second-order valence-electron chi connectivity index (χ2n) is 6.73. The van der Waals surface area contributed by atoms with Crippen LogP contribution < -0.4 is 10.1 Å². The number of amides is 1. The minimum Gasteiger partial charge on any atom is -0.484 e. The summed E-state index contributed by atoms with van der Waals surface area (Å²) in [7, 11) is 0. The van der Waals surface area contributed by atoms with Gasteiger partial charge in [0.25, 0.3) is 5.91 Å². The van der Waals surface area contributed by atoms with Gasteiger partial charge in [-0.15, -0.1) is 0 Å². The Bertz CT molecular complexity index is 816. The Morgan fingerprint density at radius 1 is 1.24 bits per heavy atom. The minimum absolute atomic E-state index is 0.0126. The molecule has 0 aliphatic carbocycles. The lowest BCUT2D eigenvalue weighted by Crippen LogP contribution is -2.44. The van der Waals surface area contributed by atoms with Crippen LogP contribution in [0.4, 0.5) is 13.2 Å². The highest BCUT2D eigenvalue weighted by atomic mass is 19.4. The van der Waals surface area contributed by atoms with Crippen LogP contribution in [0.1, 0.15) is 23.1 Å². The summed E-state index contributed by atoms with van der Waals surface area (Å²) in [5.74, 6) is 1.08. The Morgan fingerprint density at radius 3 is 2.66 bits per heavy atom. The van der Waals surface area contributed by atoms with Gasteiger partial charge >= 0.3 is 6.18 Å². The van der Waals surface area contributed by atoms with Gasteiger partial charge in [0.2, 0.25) is 0 Å². The molecular weight excluding hydrogens is 389 g/mol. The highest BCUT2D eigenvalue weighted by Crippen LogP contribution is 2.31. The van der Waals surface area contributed by atoms with Crippen LogP contribution in [-0.2, 0) is 15.7 Å². The van der Waals surface area contributed by atoms with Gasteiger partial charge in [0.15, 0.2) is 6.61 Å². The number of aryl methyl sites for hydroxylation is 1. The quantitative estimate of drug-likeness (QED) is 0.757. The van der Waals surface area contributed by atoms with Crippen LogP contribution >= 0.6 is 0 Å². The van der Waals surface area contributed by atoms with Gasteiger partial charge in [0.05, 0.1) is 24.8 Å². The summed E-state index contributed by atoms with van der Waals surface area (Å²) in [4.78, 5) is 14.4. The molecule has 1 aromatic carbocycles. The van der Waals surface area contributed by atoms with Gasteiger partial charge in [-0.05, 0) is 37.3 Å². The molecule has 1 unspecified atom stereocenters. The fourth-order valence-corrected chi connectivity index (χ4v) is 3.10. The van der Waals surface area contributed by atoms with E-state index < -0.39 is 17.6 Å². The van der Waals surface area contributed by atoms with Crippen molar-refractivity contribution in [1.82, 2.24) is 10.2 Å². The number of nitrogens with one attached hydrogen (secondary N) is 1. The zero-order valence-corrected chi connectivity index (χ0v) is 16.0. The third-order valence-corrected chi connectivity index (χ3v) is 4.60. The van der Waals surface area contributed by atoms with Crippen LogP contribution in [0, 0.1) is 6.92 Å². The monoisotopic (exact) mass is 412 g/mol. The van der Waals surface area contributed by atoms with Crippen LogP contribution in [-0.4, -0.2) is 50.3 Å². The molecule has 2 aromatic rings. The molecule has 2 heterocycles. The first-order chi connectivity index (χ1) is 13.8. The third-order valence-electron chi connectivity index (χ3n) is 4.60. The number of furan rings is 1. The molecule has 3 rings (SSSR count). The van der Waals surface area contributed by atoms with Crippen LogP contribution in [0.3, 0.4) is 0 Å². The Morgan fingerprint density at radius 2 is 2.00 bits per heavy atom. The Balaban J connectivity index is 1.56. The van der Waals surface area contributed by atoms with E-state index in [9.17, 15) is 18.0 Å². The van der Waals surface area contributed by atoms with Crippen molar-refractivity contribution in [2.75, 3.05) is 39.5 Å². The number of carbonyl (C=O) groups excluding carboxylic acids is 1. The average molecular weight is 412 g/mol. The number of hydrogen-bond donors (Lipinski definition) is 1. The van der Waals surface area contributed by atoms with Gasteiger partial charge in [-0.25, -0.2) is 0 Å². The fraction of sp³-hybridized carbons (Fsp3) is 0.450. The van der Waals surface area contributed by atoms with Crippen molar-refractivity contribution < 1.29 is 31.9 Å². The van der Waals surface area contributed by atoms with Crippen molar-refractivity contribution in [2.45, 2.75) is 19.1 Å². The second-order valence-corrected chi connectivity index (χ2v) is 6.73. The second kappa shape index (κ2) is 9.32. The molecule has 1 aliphatic rings. The maximum absolute atomic E-state index is 12.8. The SMILES string of the molecule is Cc1ccc(C(CNC(=O)COc2cccc(C(F)(F)F)c2)N2CCOCC2)o1. The van der Waals surface area contributed by atoms with E-state index in [1.807, 2.05) is 19.1 Å². The van der Waals surface area contributed by atoms with Crippen molar-refractivity contribution in [2.24, 2.45) is 0 Å². The summed E-state index contributed by atoms with van der Waals surface area (Å²) >= 11 is 0. The number of carbonyl (C=O) groups is 1. The highest BCUT2D eigenvalue weighted by Gasteiger charge is 2.30. The summed E-state index contributed by atoms with van der Waals surface area (Å²) in [5.41, 5.74) is -0.823. The van der Waals surface area contributed by atoms with Crippen molar-refractivity contribution in [3.63, 3.8) is 0 Å². The van der Waals surface area contributed by atoms with E-state index in [1.165, 1.54) is 12.1 Å². The van der Waals surface area contributed by atoms with Gasteiger partial charge < -0.3 is 19.2 Å². The molecule has 1 fully saturated rings. The van der Waals surface area contributed by atoms with Gasteiger partial charge in [-0.1, -0.05) is 6.07 Å². The summed E-state index contributed by atoms with van der Waals surface area (Å²) in [5, 5.41) is 2.77. The number of benzene rings is 1. The van der Waals surface area contributed by atoms with E-state index in [0.29, 0.717) is 26.3 Å². The van der Waals surface area contributed by atoms with E-state index in [0.717, 1.165) is 23.7 Å². The molecule has 6 nitrogen and oxygen atoms in total. The van der Waals surface area contributed by atoms with E-state index in [4.69, 9.17) is 13.9 Å². The molecule has 0 radical (unpaired) electrons. The maximum atomic E-state index is 12.8. The van der Waals surface area contributed by atoms with Gasteiger partial charge in [-0.3, -0.25) is 9.69 Å². The smallest absolute Gasteiger partial charge is 0.416 e. The van der Waals surface area contributed by atoms with E-state index in [1.54, 1.807) is 0 Å². The summed E-state index contributed by atoms with van der Waals surface area (Å²) < 4.78 is 54.6. The number of rotatable bonds is 7. The van der Waals surface area contributed by atoms with Crippen molar-refractivity contribution >= 4 is 5.91 Å². The highest BCUT2D eigenvalue weighted by molar-refractivity contribution is 5.77. The molecule has 1 amide bonds. The predicted octanol–water partition coefficient (Wildman–Crippen LogP) is 3.18. The summed E-state index contributed by atoms with van der Waals surface area (Å²) in [6, 6.07) is 8.02. The first-order valence-electron chi connectivity index (χ1n) is 9.28. The standard InChI is InChI=1S/C20H23F3N2O4/c1-14-5-6-18(29-14)17(25-7-9-27-10-8-25)12-24-19(26)13-28-16-4-2-3-15(11-16)20(21,22)23/h2-6,11,17H,7-10,12-13H2,1H3,(H,24,26). The average Bonchev–Trinajstić information content (AvgIpc) is 3.13. The molecule has 0 bridgehead atoms. The number of halogens is 3. The molecule has 1 N–H and O–H groups in total. The zero-order valence-electron chi connectivity index (χ0n) is 16.0. The largest absolute Gasteiger partial charge is 0.484 e. The van der Waals surface area contributed by atoms with E-state index in [-0.39, 0.29) is 24.9 Å². The maximum Gasteiger partial charge on any atom is 0.416 e. The molecular formula is C20H23F3N2O4. The molecule has 9 heteroatoms. The molecule has 1 aliphatic heterocycles. The Kier molecular flexibility index (Phi) is 6.81. The topological polar surface area (TPSA) is 63.9 Å². The molecule has 29 heavy (non-hydrogen) atoms. The number of hydrogen-bond acceptors (Lipinski definition) is 5. The first-order valence-corrected chi connectivity index (χ1v) is 9.28. The van der Waals surface area contributed by atoms with Crippen LogP contribution in [0.2, 0.25) is 0 Å². The normalized spacial score (nSPS) is 16.4. The Labute approximate surface area is 166 Å². The number of alkyl halides is 3. The lowest BCUT2D eigenvalue weighted by atomic mass is 10.1. The van der Waals surface area contributed by atoms with Crippen LogP contribution in [0.15, 0.2) is 40.8 Å². The van der Waals surface area contributed by atoms with Crippen LogP contribution in [0.5, 0.6) is 5.75 Å². The molecule has 1 aromatic heterocycles. The summed E-state index contributed by atoms with van der Waals surface area (Å²) in [6.45, 7) is 4.38. The molecule has 0 spiro atoms. The van der Waals surface area contributed by atoms with Crippen molar-refractivity contribution in [3.8, 4) is 5.75 Å². The van der Waals surface area contributed by atoms with Gasteiger partial charge in [0, 0.05) is 19.6 Å². The summed E-state index contributed by atoms with van der Waals surface area (Å²) in [6.07, 6.45) is -4.46. The van der Waals surface area contributed by atoms with Crippen molar-refractivity contribution in [1.29, 1.82) is 0 Å². The lowest BCUT2D eigenvalue weighted by molar-refractivity contribution is -0.137. The van der Waals surface area contributed by atoms with E-state index >= 15 is 0 Å². The predicted molar refractivity (Wildman–Crippen MR) is 98.5 cm³/mol. The van der Waals surface area contributed by atoms with E-state index in [2.05, 4.69) is 10.2 Å². The lowest BCUT2D eigenvalue weighted by Gasteiger charge is -2.33. The zero-order chi connectivity index (χ0) is 20.9. The minimum atomic E-state index is -4.46.